The van der Waals surface area contributed by atoms with Crippen LogP contribution in [0.4, 0.5) is 4.79 Å². The Labute approximate surface area is 246 Å². The lowest BCUT2D eigenvalue weighted by molar-refractivity contribution is -0.181. The molecule has 0 aromatic heterocycles. The highest BCUT2D eigenvalue weighted by molar-refractivity contribution is 5.99. The maximum Gasteiger partial charge on any atom is 0.407 e. The zero-order chi connectivity index (χ0) is 29.2. The fourth-order valence-corrected chi connectivity index (χ4v) is 5.28. The van der Waals surface area contributed by atoms with Gasteiger partial charge in [-0.1, -0.05) is 121 Å². The number of nitrogens with one attached hydrogen (secondary N) is 1. The van der Waals surface area contributed by atoms with Crippen molar-refractivity contribution in [2.45, 2.75) is 44.1 Å². The molecule has 0 bridgehead atoms. The molecule has 4 aromatic carbocycles. The number of nitrogens with zero attached hydrogens (tertiary/aromatic N) is 1. The third-order valence-corrected chi connectivity index (χ3v) is 7.46. The first-order valence-electron chi connectivity index (χ1n) is 14.1. The molecule has 0 radical (unpaired) electrons. The minimum Gasteiger partial charge on any atom is -0.459 e. The molecule has 7 heteroatoms. The van der Waals surface area contributed by atoms with E-state index in [0.29, 0.717) is 12.8 Å². The molecule has 2 atom stereocenters. The lowest BCUT2D eigenvalue weighted by atomic mass is 9.77. The van der Waals surface area contributed by atoms with Crippen molar-refractivity contribution in [3.63, 3.8) is 0 Å². The van der Waals surface area contributed by atoms with Crippen molar-refractivity contribution < 1.29 is 23.9 Å². The number of hydrogen-bond donors (Lipinski definition) is 1. The Balaban J connectivity index is 1.35. The summed E-state index contributed by atoms with van der Waals surface area (Å²) in [6, 6.07) is 37.7. The van der Waals surface area contributed by atoms with Gasteiger partial charge in [0.2, 0.25) is 5.91 Å². The molecule has 1 aliphatic heterocycles. The quantitative estimate of drug-likeness (QED) is 0.183. The van der Waals surface area contributed by atoms with Crippen molar-refractivity contribution >= 4 is 18.0 Å². The third-order valence-electron chi connectivity index (χ3n) is 7.46. The summed E-state index contributed by atoms with van der Waals surface area (Å²) in [5.41, 5.74) is 2.45. The smallest absolute Gasteiger partial charge is 0.407 e. The van der Waals surface area contributed by atoms with Gasteiger partial charge >= 0.3 is 12.1 Å². The Bertz CT molecular complexity index is 1460. The van der Waals surface area contributed by atoms with E-state index in [1.807, 2.05) is 121 Å². The number of rotatable bonds is 12. The van der Waals surface area contributed by atoms with Crippen molar-refractivity contribution in [1.29, 1.82) is 0 Å². The van der Waals surface area contributed by atoms with E-state index >= 15 is 0 Å². The number of likely N-dealkylation sites (tertiary alicyclic amines) is 1. The highest BCUT2D eigenvalue weighted by atomic mass is 16.5. The Morgan fingerprint density at radius 3 is 1.69 bits per heavy atom. The summed E-state index contributed by atoms with van der Waals surface area (Å²) in [6.45, 7) is 0.355. The van der Waals surface area contributed by atoms with E-state index in [1.54, 1.807) is 4.90 Å². The fraction of sp³-hybridized carbons (Fsp3) is 0.229. The molecule has 1 N–H and O–H groups in total. The van der Waals surface area contributed by atoms with E-state index in [-0.39, 0.29) is 32.1 Å². The van der Waals surface area contributed by atoms with Gasteiger partial charge in [0.05, 0.1) is 12.5 Å². The number of amides is 2. The summed E-state index contributed by atoms with van der Waals surface area (Å²) >= 11 is 0. The zero-order valence-electron chi connectivity index (χ0n) is 23.4. The van der Waals surface area contributed by atoms with Crippen LogP contribution in [0.1, 0.15) is 28.7 Å². The fourth-order valence-electron chi connectivity index (χ4n) is 5.28. The molecule has 5 rings (SSSR count). The third kappa shape index (κ3) is 7.23. The van der Waals surface area contributed by atoms with Gasteiger partial charge in [0.25, 0.3) is 0 Å². The van der Waals surface area contributed by atoms with Crippen LogP contribution < -0.4 is 5.32 Å². The first-order valence-corrected chi connectivity index (χ1v) is 14.1. The van der Waals surface area contributed by atoms with E-state index in [9.17, 15) is 14.4 Å². The molecule has 0 spiro atoms. The monoisotopic (exact) mass is 562 g/mol. The number of carbonyl (C=O) groups excluding carboxylic acids is 3. The summed E-state index contributed by atoms with van der Waals surface area (Å²) < 4.78 is 11.3. The lowest BCUT2D eigenvalue weighted by Crippen LogP contribution is -2.71. The van der Waals surface area contributed by atoms with Gasteiger partial charge < -0.3 is 19.7 Å². The number of alkyl carbamates (subject to hydrolysis) is 1. The van der Waals surface area contributed by atoms with E-state index < -0.39 is 23.6 Å². The lowest BCUT2D eigenvalue weighted by Gasteiger charge is -2.51. The summed E-state index contributed by atoms with van der Waals surface area (Å²) in [5, 5.41) is 2.95. The van der Waals surface area contributed by atoms with Crippen LogP contribution in [0.2, 0.25) is 0 Å². The standard InChI is InChI=1S/C35H34N2O5/c38-32-23-35(22-28-15-7-2-8-16-28,33(39)41-25-29-17-9-3-10-18-29)37(32)24-31(21-27-13-5-1-6-14-27)36-34(40)42-26-30-19-11-4-12-20-30/h1-20,31H,21-26H2,(H,36,40)/t31-,35?/m0/s1. The van der Waals surface area contributed by atoms with Gasteiger partial charge in [-0.25, -0.2) is 9.59 Å². The summed E-state index contributed by atoms with van der Waals surface area (Å²) in [5.74, 6) is -0.625. The Kier molecular flexibility index (Phi) is 9.29. The highest BCUT2D eigenvalue weighted by Crippen LogP contribution is 2.37. The Morgan fingerprint density at radius 2 is 1.17 bits per heavy atom. The minimum atomic E-state index is -1.18. The van der Waals surface area contributed by atoms with Crippen LogP contribution >= 0.6 is 0 Å². The van der Waals surface area contributed by atoms with E-state index in [4.69, 9.17) is 9.47 Å². The second kappa shape index (κ2) is 13.6. The van der Waals surface area contributed by atoms with E-state index in [2.05, 4.69) is 5.32 Å². The molecule has 0 aliphatic carbocycles. The Morgan fingerprint density at radius 1 is 0.690 bits per heavy atom. The van der Waals surface area contributed by atoms with Crippen LogP contribution in [0.3, 0.4) is 0 Å². The van der Waals surface area contributed by atoms with Gasteiger partial charge in [0, 0.05) is 13.0 Å². The van der Waals surface area contributed by atoms with Crippen LogP contribution in [0, 0.1) is 0 Å². The molecule has 1 heterocycles. The summed E-state index contributed by atoms with van der Waals surface area (Å²) in [4.78, 5) is 41.4. The molecule has 1 aliphatic rings. The maximum atomic E-state index is 13.8. The van der Waals surface area contributed by atoms with Crippen molar-refractivity contribution in [1.82, 2.24) is 10.2 Å². The van der Waals surface area contributed by atoms with Gasteiger partial charge in [-0.2, -0.15) is 0 Å². The largest absolute Gasteiger partial charge is 0.459 e. The molecule has 1 unspecified atom stereocenters. The number of β-lactam (4-membered cyclic amide) rings is 1. The number of hydrogen-bond acceptors (Lipinski definition) is 5. The van der Waals surface area contributed by atoms with Gasteiger partial charge in [-0.15, -0.1) is 0 Å². The molecule has 0 saturated carbocycles. The van der Waals surface area contributed by atoms with Gasteiger partial charge in [-0.05, 0) is 28.7 Å². The van der Waals surface area contributed by atoms with Gasteiger partial charge in [0.15, 0.2) is 5.54 Å². The molecule has 1 saturated heterocycles. The SMILES string of the molecule is O=C(N[C@@H](Cc1ccccc1)CN1C(=O)CC1(Cc1ccccc1)C(=O)OCc1ccccc1)OCc1ccccc1. The topological polar surface area (TPSA) is 84.9 Å². The van der Waals surface area contributed by atoms with Crippen LogP contribution in [0.15, 0.2) is 121 Å². The predicted octanol–water partition coefficient (Wildman–Crippen LogP) is 5.48. The molecule has 7 nitrogen and oxygen atoms in total. The molecular formula is C35H34N2O5. The minimum absolute atomic E-state index is 0.0338. The highest BCUT2D eigenvalue weighted by Gasteiger charge is 2.58. The molecule has 214 valence electrons. The Hall–Kier alpha value is -4.91. The van der Waals surface area contributed by atoms with Crippen molar-refractivity contribution in [3.05, 3.63) is 144 Å². The summed E-state index contributed by atoms with van der Waals surface area (Å²) in [6.07, 6.45) is 0.203. The second-order valence-electron chi connectivity index (χ2n) is 10.5. The predicted molar refractivity (Wildman–Crippen MR) is 159 cm³/mol. The first-order chi connectivity index (χ1) is 20.5. The first kappa shape index (κ1) is 28.6. The van der Waals surface area contributed by atoms with E-state index in [1.165, 1.54) is 0 Å². The zero-order valence-corrected chi connectivity index (χ0v) is 23.4. The van der Waals surface area contributed by atoms with Crippen LogP contribution in [0.5, 0.6) is 0 Å². The average molecular weight is 563 g/mol. The molecule has 2 amide bonds. The van der Waals surface area contributed by atoms with Crippen molar-refractivity contribution in [2.24, 2.45) is 0 Å². The molecule has 1 fully saturated rings. The molecule has 4 aromatic rings. The maximum absolute atomic E-state index is 13.8. The number of ether oxygens (including phenoxy) is 2. The summed E-state index contributed by atoms with van der Waals surface area (Å²) in [7, 11) is 0. The normalized spacial score (nSPS) is 16.7. The molecular weight excluding hydrogens is 528 g/mol. The average Bonchev–Trinajstić information content (AvgIpc) is 3.03. The van der Waals surface area contributed by atoms with Crippen LogP contribution in [-0.2, 0) is 45.1 Å². The van der Waals surface area contributed by atoms with Crippen molar-refractivity contribution in [2.75, 3.05) is 6.54 Å². The molecule has 42 heavy (non-hydrogen) atoms. The van der Waals surface area contributed by atoms with Crippen LogP contribution in [-0.4, -0.2) is 41.0 Å². The van der Waals surface area contributed by atoms with Gasteiger partial charge in [-0.3, -0.25) is 4.79 Å². The second-order valence-corrected chi connectivity index (χ2v) is 10.5. The van der Waals surface area contributed by atoms with Crippen molar-refractivity contribution in [3.8, 4) is 0 Å². The van der Waals surface area contributed by atoms with Gasteiger partial charge in [0.1, 0.15) is 13.2 Å². The van der Waals surface area contributed by atoms with E-state index in [0.717, 1.165) is 22.3 Å². The number of benzene rings is 4. The number of esters is 1. The number of carbonyl (C=O) groups is 3. The van der Waals surface area contributed by atoms with Crippen LogP contribution in [0.25, 0.3) is 0 Å².